The normalized spacial score (nSPS) is 12.5. The Morgan fingerprint density at radius 2 is 0.493 bits per heavy atom. The molecule has 0 aromatic rings. The van der Waals surface area contributed by atoms with E-state index < -0.39 is 6.10 Å². The van der Waals surface area contributed by atoms with Crippen LogP contribution < -0.4 is 0 Å². The molecule has 0 saturated carbocycles. The third-order valence-electron chi connectivity index (χ3n) is 13.7. The quantitative estimate of drug-likeness (QED) is 0.0261. The Labute approximate surface area is 453 Å². The van der Waals surface area contributed by atoms with E-state index in [1.54, 1.807) is 0 Å². The lowest BCUT2D eigenvalue weighted by Crippen LogP contribution is -2.30. The molecule has 0 heterocycles. The van der Waals surface area contributed by atoms with Gasteiger partial charge in [-0.15, -0.1) is 0 Å². The number of ether oxygens (including phenoxy) is 3. The molecule has 0 aromatic carbocycles. The Kier molecular flexibility index (Phi) is 58.7. The van der Waals surface area contributed by atoms with E-state index in [1.807, 2.05) is 0 Å². The Morgan fingerprint density at radius 3 is 0.767 bits per heavy atom. The molecule has 0 spiro atoms. The minimum atomic E-state index is -0.781. The van der Waals surface area contributed by atoms with E-state index in [0.717, 1.165) is 96.3 Å². The zero-order valence-electron chi connectivity index (χ0n) is 48.4. The predicted molar refractivity (Wildman–Crippen MR) is 316 cm³/mol. The Hall–Kier alpha value is -3.15. The molecular weight excluding hydrogens is 901 g/mol. The Morgan fingerprint density at radius 1 is 0.274 bits per heavy atom. The molecule has 73 heavy (non-hydrogen) atoms. The Bertz CT molecular complexity index is 1360. The van der Waals surface area contributed by atoms with Crippen LogP contribution in [0.15, 0.2) is 72.9 Å². The van der Waals surface area contributed by atoms with Crippen LogP contribution in [0.25, 0.3) is 0 Å². The van der Waals surface area contributed by atoms with Crippen LogP contribution in [0.1, 0.15) is 316 Å². The molecule has 6 nitrogen and oxygen atoms in total. The lowest BCUT2D eigenvalue weighted by atomic mass is 10.0. The summed E-state index contributed by atoms with van der Waals surface area (Å²) in [4.78, 5) is 38.0. The van der Waals surface area contributed by atoms with Crippen molar-refractivity contribution < 1.29 is 28.6 Å². The van der Waals surface area contributed by atoms with Crippen LogP contribution in [-0.4, -0.2) is 37.2 Å². The second kappa shape index (κ2) is 61.4. The monoisotopic (exact) mass is 1020 g/mol. The van der Waals surface area contributed by atoms with Crippen molar-refractivity contribution in [1.82, 2.24) is 0 Å². The molecular formula is C67H118O6. The molecule has 0 amide bonds. The van der Waals surface area contributed by atoms with Crippen LogP contribution in [0, 0.1) is 0 Å². The number of carbonyl (C=O) groups is 3. The summed E-state index contributed by atoms with van der Waals surface area (Å²) in [6, 6.07) is 0. The Balaban J connectivity index is 4.16. The van der Waals surface area contributed by atoms with Crippen molar-refractivity contribution in [2.75, 3.05) is 13.2 Å². The van der Waals surface area contributed by atoms with Crippen molar-refractivity contribution in [3.05, 3.63) is 72.9 Å². The number of hydrogen-bond acceptors (Lipinski definition) is 6. The standard InChI is InChI=1S/C67H118O6/c1-4-7-10-13-16-18-20-22-24-26-28-30-31-32-33-34-35-37-38-40-42-44-46-48-51-54-57-60-66(69)72-63-64(62-71-65(68)59-56-53-50-15-12-9-6-3)73-67(70)61-58-55-52-49-47-45-43-41-39-36-29-27-25-23-21-19-17-14-11-8-5-2/h20-23,26-29,31-32,39,41,64H,4-19,24-25,30,33-38,40,42-63H2,1-3H3/b22-20-,23-21-,28-26-,29-27-,32-31-,41-39-. The highest BCUT2D eigenvalue weighted by atomic mass is 16.6. The van der Waals surface area contributed by atoms with Gasteiger partial charge in [0, 0.05) is 19.3 Å². The highest BCUT2D eigenvalue weighted by Crippen LogP contribution is 2.16. The van der Waals surface area contributed by atoms with Gasteiger partial charge in [0.2, 0.25) is 0 Å². The van der Waals surface area contributed by atoms with E-state index in [0.29, 0.717) is 19.3 Å². The number of allylic oxidation sites excluding steroid dienone is 12. The molecule has 0 N–H and O–H groups in total. The second-order valence-corrected chi connectivity index (χ2v) is 21.0. The van der Waals surface area contributed by atoms with E-state index in [9.17, 15) is 14.4 Å². The van der Waals surface area contributed by atoms with Gasteiger partial charge in [0.1, 0.15) is 13.2 Å². The van der Waals surface area contributed by atoms with Crippen LogP contribution in [0.3, 0.4) is 0 Å². The average Bonchev–Trinajstić information content (AvgIpc) is 3.39. The number of unbranched alkanes of at least 4 members (excludes halogenated alkanes) is 34. The zero-order valence-corrected chi connectivity index (χ0v) is 48.4. The molecule has 0 bridgehead atoms. The summed E-state index contributed by atoms with van der Waals surface area (Å²) < 4.78 is 16.8. The highest BCUT2D eigenvalue weighted by Gasteiger charge is 2.19. The van der Waals surface area contributed by atoms with E-state index in [-0.39, 0.29) is 31.1 Å². The molecule has 6 heteroatoms. The van der Waals surface area contributed by atoms with Gasteiger partial charge in [-0.3, -0.25) is 14.4 Å². The van der Waals surface area contributed by atoms with Crippen molar-refractivity contribution in [3.8, 4) is 0 Å². The van der Waals surface area contributed by atoms with Gasteiger partial charge in [-0.25, -0.2) is 0 Å². The van der Waals surface area contributed by atoms with E-state index >= 15 is 0 Å². The summed E-state index contributed by atoms with van der Waals surface area (Å²) in [5.74, 6) is -0.890. The SMILES string of the molecule is CCCCCCC/C=C\C/C=C\C/C=C\CCCCCCCCCCCCCCC(=O)OCC(COC(=O)CCCCCCCCC)OC(=O)CCCCCCCC/C=C\C/C=C\C/C=C\CCCCCCC. The topological polar surface area (TPSA) is 78.9 Å². The third kappa shape index (κ3) is 59.6. The molecule has 0 aliphatic heterocycles. The third-order valence-corrected chi connectivity index (χ3v) is 13.7. The van der Waals surface area contributed by atoms with E-state index in [1.165, 1.54) is 180 Å². The summed E-state index contributed by atoms with van der Waals surface area (Å²) in [7, 11) is 0. The van der Waals surface area contributed by atoms with Gasteiger partial charge in [0.05, 0.1) is 0 Å². The predicted octanol–water partition coefficient (Wildman–Crippen LogP) is 21.3. The van der Waals surface area contributed by atoms with Crippen molar-refractivity contribution in [2.24, 2.45) is 0 Å². The fourth-order valence-electron chi connectivity index (χ4n) is 8.93. The molecule has 1 unspecified atom stereocenters. The van der Waals surface area contributed by atoms with Crippen LogP contribution in [0.4, 0.5) is 0 Å². The molecule has 0 aromatic heterocycles. The zero-order chi connectivity index (χ0) is 52.9. The van der Waals surface area contributed by atoms with Gasteiger partial charge in [0.15, 0.2) is 6.10 Å². The van der Waals surface area contributed by atoms with E-state index in [4.69, 9.17) is 14.2 Å². The molecule has 0 rings (SSSR count). The first-order valence-corrected chi connectivity index (χ1v) is 31.4. The fourth-order valence-corrected chi connectivity index (χ4v) is 8.93. The molecule has 0 radical (unpaired) electrons. The number of rotatable bonds is 57. The van der Waals surface area contributed by atoms with Crippen molar-refractivity contribution in [2.45, 2.75) is 322 Å². The molecule has 1 atom stereocenters. The van der Waals surface area contributed by atoms with Crippen molar-refractivity contribution in [3.63, 3.8) is 0 Å². The molecule has 422 valence electrons. The minimum absolute atomic E-state index is 0.0797. The summed E-state index contributed by atoms with van der Waals surface area (Å²) in [5, 5.41) is 0. The van der Waals surface area contributed by atoms with Gasteiger partial charge in [-0.1, -0.05) is 273 Å². The summed E-state index contributed by atoms with van der Waals surface area (Å²) in [6.45, 7) is 6.59. The summed E-state index contributed by atoms with van der Waals surface area (Å²) in [5.41, 5.74) is 0. The van der Waals surface area contributed by atoms with Gasteiger partial charge in [0.25, 0.3) is 0 Å². The summed E-state index contributed by atoms with van der Waals surface area (Å²) >= 11 is 0. The first kappa shape index (κ1) is 69.8. The number of hydrogen-bond donors (Lipinski definition) is 0. The lowest BCUT2D eigenvalue weighted by molar-refractivity contribution is -0.167. The maximum absolute atomic E-state index is 12.8. The summed E-state index contributed by atoms with van der Waals surface area (Å²) in [6.07, 6.45) is 79.3. The first-order valence-electron chi connectivity index (χ1n) is 31.4. The van der Waals surface area contributed by atoms with Crippen molar-refractivity contribution >= 4 is 17.9 Å². The van der Waals surface area contributed by atoms with Gasteiger partial charge >= 0.3 is 17.9 Å². The lowest BCUT2D eigenvalue weighted by Gasteiger charge is -2.18. The maximum Gasteiger partial charge on any atom is 0.306 e. The minimum Gasteiger partial charge on any atom is -0.462 e. The first-order chi connectivity index (χ1) is 36.0. The molecule has 0 saturated heterocycles. The van der Waals surface area contributed by atoms with Gasteiger partial charge in [-0.05, 0) is 96.3 Å². The average molecular weight is 1020 g/mol. The molecule has 0 fully saturated rings. The largest absolute Gasteiger partial charge is 0.462 e. The van der Waals surface area contributed by atoms with E-state index in [2.05, 4.69) is 93.7 Å². The smallest absolute Gasteiger partial charge is 0.306 e. The van der Waals surface area contributed by atoms with Gasteiger partial charge in [-0.2, -0.15) is 0 Å². The number of carbonyl (C=O) groups excluding carboxylic acids is 3. The van der Waals surface area contributed by atoms with Crippen molar-refractivity contribution in [1.29, 1.82) is 0 Å². The second-order valence-electron chi connectivity index (χ2n) is 21.0. The maximum atomic E-state index is 12.8. The number of esters is 3. The van der Waals surface area contributed by atoms with Gasteiger partial charge < -0.3 is 14.2 Å². The fraction of sp³-hybridized carbons (Fsp3) is 0.776. The molecule has 0 aliphatic carbocycles. The van der Waals surface area contributed by atoms with Crippen LogP contribution >= 0.6 is 0 Å². The van der Waals surface area contributed by atoms with Crippen LogP contribution in [0.2, 0.25) is 0 Å². The van der Waals surface area contributed by atoms with Crippen LogP contribution in [-0.2, 0) is 28.6 Å². The molecule has 0 aliphatic rings. The highest BCUT2D eigenvalue weighted by molar-refractivity contribution is 5.71. The van der Waals surface area contributed by atoms with Crippen LogP contribution in [0.5, 0.6) is 0 Å².